The van der Waals surface area contributed by atoms with Gasteiger partial charge in [-0.25, -0.2) is 13.1 Å². The van der Waals surface area contributed by atoms with Crippen molar-refractivity contribution in [3.63, 3.8) is 0 Å². The molecule has 0 spiro atoms. The summed E-state index contributed by atoms with van der Waals surface area (Å²) in [5.74, 6) is 0. The van der Waals surface area contributed by atoms with E-state index in [4.69, 9.17) is 5.73 Å². The summed E-state index contributed by atoms with van der Waals surface area (Å²) in [4.78, 5) is 0. The molecule has 0 radical (unpaired) electrons. The summed E-state index contributed by atoms with van der Waals surface area (Å²) in [6.07, 6.45) is 0.555. The Labute approximate surface area is 99.0 Å². The van der Waals surface area contributed by atoms with Crippen molar-refractivity contribution in [2.45, 2.75) is 52.3 Å². The Bertz CT molecular complexity index is 342. The van der Waals surface area contributed by atoms with E-state index in [1.807, 2.05) is 6.92 Å². The molecule has 16 heavy (non-hydrogen) atoms. The highest BCUT2D eigenvalue weighted by molar-refractivity contribution is 7.90. The summed E-state index contributed by atoms with van der Waals surface area (Å²) >= 11 is 0. The zero-order valence-electron chi connectivity index (χ0n) is 10.9. The van der Waals surface area contributed by atoms with Crippen molar-refractivity contribution in [2.75, 3.05) is 6.54 Å². The van der Waals surface area contributed by atoms with Crippen LogP contribution in [0.1, 0.15) is 41.0 Å². The van der Waals surface area contributed by atoms with E-state index in [9.17, 15) is 8.42 Å². The van der Waals surface area contributed by atoms with Crippen LogP contribution >= 0.6 is 0 Å². The van der Waals surface area contributed by atoms with Crippen molar-refractivity contribution in [3.8, 4) is 0 Å². The van der Waals surface area contributed by atoms with Crippen molar-refractivity contribution in [2.24, 2.45) is 16.6 Å². The normalized spacial score (nSPS) is 25.4. The van der Waals surface area contributed by atoms with Gasteiger partial charge in [-0.2, -0.15) is 0 Å². The Morgan fingerprint density at radius 3 is 1.94 bits per heavy atom. The molecule has 1 unspecified atom stereocenters. The fourth-order valence-corrected chi connectivity index (χ4v) is 4.07. The molecular formula is C11H24N2O2S. The van der Waals surface area contributed by atoms with Gasteiger partial charge in [-0.1, -0.05) is 34.6 Å². The molecule has 0 saturated heterocycles. The van der Waals surface area contributed by atoms with Gasteiger partial charge in [0.05, 0.1) is 5.25 Å². The first-order chi connectivity index (χ1) is 7.11. The minimum absolute atomic E-state index is 0.0191. The van der Waals surface area contributed by atoms with Crippen molar-refractivity contribution in [3.05, 3.63) is 0 Å². The molecule has 1 rings (SSSR count). The van der Waals surface area contributed by atoms with Crippen LogP contribution in [0.3, 0.4) is 0 Å². The fraction of sp³-hybridized carbons (Fsp3) is 1.00. The average molecular weight is 248 g/mol. The van der Waals surface area contributed by atoms with Crippen LogP contribution in [-0.2, 0) is 10.0 Å². The number of sulfonamides is 1. The number of nitrogens with one attached hydrogen (secondary N) is 1. The summed E-state index contributed by atoms with van der Waals surface area (Å²) in [7, 11) is -3.28. The van der Waals surface area contributed by atoms with E-state index in [2.05, 4.69) is 32.4 Å². The molecule has 0 aromatic heterocycles. The maximum absolute atomic E-state index is 12.0. The maximum Gasteiger partial charge on any atom is 0.216 e. The average Bonchev–Trinajstić information content (AvgIpc) is 2.49. The lowest BCUT2D eigenvalue weighted by Gasteiger charge is -2.15. The predicted octanol–water partition coefficient (Wildman–Crippen LogP) is 1.08. The third-order valence-corrected chi connectivity index (χ3v) is 6.43. The maximum atomic E-state index is 12.0. The van der Waals surface area contributed by atoms with E-state index in [1.54, 1.807) is 0 Å². The molecule has 0 aromatic carbocycles. The van der Waals surface area contributed by atoms with Crippen LogP contribution in [0.25, 0.3) is 0 Å². The van der Waals surface area contributed by atoms with Crippen LogP contribution < -0.4 is 10.5 Å². The van der Waals surface area contributed by atoms with Crippen molar-refractivity contribution >= 4 is 10.0 Å². The van der Waals surface area contributed by atoms with Gasteiger partial charge in [0.1, 0.15) is 0 Å². The van der Waals surface area contributed by atoms with Gasteiger partial charge in [0.2, 0.25) is 10.0 Å². The molecule has 4 nitrogen and oxygen atoms in total. The third kappa shape index (κ3) is 2.00. The molecule has 5 heteroatoms. The quantitative estimate of drug-likeness (QED) is 0.764. The molecule has 0 aromatic rings. The van der Waals surface area contributed by atoms with Crippen LogP contribution in [0.15, 0.2) is 0 Å². The lowest BCUT2D eigenvalue weighted by molar-refractivity contribution is 0.457. The second kappa shape index (κ2) is 3.96. The molecule has 1 fully saturated rings. The molecule has 0 aliphatic heterocycles. The number of rotatable bonds is 5. The molecule has 3 N–H and O–H groups in total. The van der Waals surface area contributed by atoms with Gasteiger partial charge < -0.3 is 5.73 Å². The summed E-state index contributed by atoms with van der Waals surface area (Å²) in [5.41, 5.74) is 5.52. The molecule has 1 saturated carbocycles. The summed E-state index contributed by atoms with van der Waals surface area (Å²) in [5, 5.41) is -0.473. The minimum Gasteiger partial charge on any atom is -0.329 e. The van der Waals surface area contributed by atoms with E-state index in [0.717, 1.165) is 0 Å². The first-order valence-electron chi connectivity index (χ1n) is 5.82. The lowest BCUT2D eigenvalue weighted by Crippen LogP contribution is -2.41. The fourth-order valence-electron chi connectivity index (χ4n) is 2.26. The molecule has 1 atom stereocenters. The summed E-state index contributed by atoms with van der Waals surface area (Å²) < 4.78 is 26.9. The van der Waals surface area contributed by atoms with Gasteiger partial charge in [-0.05, 0) is 17.3 Å². The van der Waals surface area contributed by atoms with Gasteiger partial charge in [0, 0.05) is 12.6 Å². The zero-order chi connectivity index (χ0) is 12.8. The van der Waals surface area contributed by atoms with Crippen molar-refractivity contribution in [1.82, 2.24) is 4.72 Å². The minimum atomic E-state index is -3.28. The predicted molar refractivity (Wildman–Crippen MR) is 66.5 cm³/mol. The topological polar surface area (TPSA) is 72.2 Å². The van der Waals surface area contributed by atoms with Gasteiger partial charge in [-0.15, -0.1) is 0 Å². The highest BCUT2D eigenvalue weighted by atomic mass is 32.2. The second-order valence-electron chi connectivity index (χ2n) is 5.81. The van der Waals surface area contributed by atoms with E-state index < -0.39 is 15.3 Å². The largest absolute Gasteiger partial charge is 0.329 e. The Balaban J connectivity index is 2.77. The lowest BCUT2D eigenvalue weighted by atomic mass is 10.0. The summed E-state index contributed by atoms with van der Waals surface area (Å²) in [6.45, 7) is 10.4. The Kier molecular flexibility index (Phi) is 3.45. The van der Waals surface area contributed by atoms with E-state index in [-0.39, 0.29) is 23.4 Å². The Hall–Kier alpha value is -0.130. The smallest absolute Gasteiger partial charge is 0.216 e. The van der Waals surface area contributed by atoms with E-state index in [0.29, 0.717) is 6.42 Å². The van der Waals surface area contributed by atoms with Gasteiger partial charge in [0.25, 0.3) is 0 Å². The first kappa shape index (κ1) is 13.9. The zero-order valence-corrected chi connectivity index (χ0v) is 11.7. The highest BCUT2D eigenvalue weighted by Gasteiger charge is 2.66. The molecule has 1 aliphatic carbocycles. The van der Waals surface area contributed by atoms with Crippen molar-refractivity contribution < 1.29 is 8.42 Å². The van der Waals surface area contributed by atoms with Crippen LogP contribution in [0.4, 0.5) is 0 Å². The van der Waals surface area contributed by atoms with E-state index in [1.165, 1.54) is 0 Å². The van der Waals surface area contributed by atoms with Crippen molar-refractivity contribution in [1.29, 1.82) is 0 Å². The molecule has 0 amide bonds. The van der Waals surface area contributed by atoms with E-state index >= 15 is 0 Å². The standard InChI is InChI=1S/C11H24N2O2S/c1-6-8(7-12)16(14,15)13-9-10(2,3)11(9,4)5/h8-9,13H,6-7,12H2,1-5H3. The van der Waals surface area contributed by atoms with Crippen LogP contribution in [-0.4, -0.2) is 26.3 Å². The number of hydrogen-bond acceptors (Lipinski definition) is 3. The van der Waals surface area contributed by atoms with Gasteiger partial charge in [0.15, 0.2) is 0 Å². The van der Waals surface area contributed by atoms with Gasteiger partial charge in [-0.3, -0.25) is 0 Å². The Morgan fingerprint density at radius 2 is 1.69 bits per heavy atom. The number of nitrogens with two attached hydrogens (primary N) is 1. The summed E-state index contributed by atoms with van der Waals surface area (Å²) in [6, 6.07) is 0.0191. The monoisotopic (exact) mass is 248 g/mol. The molecule has 0 bridgehead atoms. The molecule has 0 heterocycles. The third-order valence-electron chi connectivity index (χ3n) is 4.46. The van der Waals surface area contributed by atoms with Crippen LogP contribution in [0.2, 0.25) is 0 Å². The highest BCUT2D eigenvalue weighted by Crippen LogP contribution is 2.62. The van der Waals surface area contributed by atoms with Gasteiger partial charge >= 0.3 is 0 Å². The molecule has 1 aliphatic rings. The molecular weight excluding hydrogens is 224 g/mol. The number of hydrogen-bond donors (Lipinski definition) is 2. The van der Waals surface area contributed by atoms with Crippen LogP contribution in [0, 0.1) is 10.8 Å². The second-order valence-corrected chi connectivity index (χ2v) is 7.80. The Morgan fingerprint density at radius 1 is 1.25 bits per heavy atom. The van der Waals surface area contributed by atoms with Crippen LogP contribution in [0.5, 0.6) is 0 Å². The first-order valence-corrected chi connectivity index (χ1v) is 7.37. The molecule has 96 valence electrons. The SMILES string of the molecule is CCC(CN)S(=O)(=O)NC1C(C)(C)C1(C)C.